The van der Waals surface area contributed by atoms with Crippen molar-refractivity contribution in [3.05, 3.63) is 0 Å². The lowest BCUT2D eigenvalue weighted by molar-refractivity contribution is -0.202. The van der Waals surface area contributed by atoms with E-state index in [0.717, 1.165) is 38.5 Å². The van der Waals surface area contributed by atoms with Gasteiger partial charge in [0, 0.05) is 12.5 Å². The van der Waals surface area contributed by atoms with E-state index in [4.69, 9.17) is 4.74 Å². The summed E-state index contributed by atoms with van der Waals surface area (Å²) in [6.07, 6.45) is 8.18. The summed E-state index contributed by atoms with van der Waals surface area (Å²) in [5.41, 5.74) is 0.0667. The van der Waals surface area contributed by atoms with Gasteiger partial charge in [-0.2, -0.15) is 0 Å². The number of hydrogen-bond acceptors (Lipinski definition) is 5. The Hall–Kier alpha value is -0.650. The number of esters is 1. The highest BCUT2D eigenvalue weighted by Gasteiger charge is 2.65. The van der Waals surface area contributed by atoms with E-state index in [-0.39, 0.29) is 29.0 Å². The molecule has 4 aliphatic carbocycles. The van der Waals surface area contributed by atoms with Gasteiger partial charge < -0.3 is 20.3 Å². The van der Waals surface area contributed by atoms with Crippen LogP contribution >= 0.6 is 0 Å². The molecular weight excluding hydrogens is 390 g/mol. The van der Waals surface area contributed by atoms with Crippen molar-refractivity contribution in [1.82, 2.24) is 5.32 Å². The largest absolute Gasteiger partial charge is 0.469 e. The first-order valence-electron chi connectivity index (χ1n) is 12.8. The molecule has 11 atom stereocenters. The zero-order valence-electron chi connectivity index (χ0n) is 20.3. The third kappa shape index (κ3) is 3.67. The van der Waals surface area contributed by atoms with Gasteiger partial charge in [0.25, 0.3) is 0 Å². The van der Waals surface area contributed by atoms with Crippen molar-refractivity contribution in [3.63, 3.8) is 0 Å². The van der Waals surface area contributed by atoms with Crippen molar-refractivity contribution in [1.29, 1.82) is 0 Å². The van der Waals surface area contributed by atoms with E-state index in [1.54, 1.807) is 0 Å². The molecule has 4 aliphatic rings. The van der Waals surface area contributed by atoms with Crippen LogP contribution in [0.25, 0.3) is 0 Å². The second-order valence-electron chi connectivity index (χ2n) is 11.9. The predicted molar refractivity (Wildman–Crippen MR) is 121 cm³/mol. The first kappa shape index (κ1) is 23.5. The van der Waals surface area contributed by atoms with Gasteiger partial charge in [-0.15, -0.1) is 0 Å². The molecule has 4 saturated carbocycles. The molecule has 0 saturated heterocycles. The van der Waals surface area contributed by atoms with E-state index in [0.29, 0.717) is 48.0 Å². The van der Waals surface area contributed by atoms with Gasteiger partial charge in [-0.3, -0.25) is 4.79 Å². The number of nitrogens with one attached hydrogen (secondary N) is 1. The smallest absolute Gasteiger partial charge is 0.305 e. The maximum atomic E-state index is 11.7. The lowest BCUT2D eigenvalue weighted by Gasteiger charge is -2.63. The summed E-state index contributed by atoms with van der Waals surface area (Å²) in [5, 5.41) is 26.5. The predicted octanol–water partition coefficient (Wildman–Crippen LogP) is 3.76. The molecule has 31 heavy (non-hydrogen) atoms. The topological polar surface area (TPSA) is 78.8 Å². The number of methoxy groups -OCH3 is 1. The summed E-state index contributed by atoms with van der Waals surface area (Å²) >= 11 is 0. The van der Waals surface area contributed by atoms with Gasteiger partial charge in [-0.1, -0.05) is 20.8 Å². The maximum Gasteiger partial charge on any atom is 0.305 e. The van der Waals surface area contributed by atoms with Gasteiger partial charge in [-0.05, 0) is 105 Å². The van der Waals surface area contributed by atoms with E-state index >= 15 is 0 Å². The Morgan fingerprint density at radius 3 is 2.55 bits per heavy atom. The second kappa shape index (κ2) is 8.61. The van der Waals surface area contributed by atoms with Crippen molar-refractivity contribution in [2.45, 2.75) is 96.8 Å². The monoisotopic (exact) mass is 435 g/mol. The van der Waals surface area contributed by atoms with Gasteiger partial charge in [0.05, 0.1) is 19.3 Å². The van der Waals surface area contributed by atoms with Gasteiger partial charge in [0.15, 0.2) is 0 Å². The van der Waals surface area contributed by atoms with E-state index in [1.807, 2.05) is 0 Å². The van der Waals surface area contributed by atoms with Crippen LogP contribution in [0.5, 0.6) is 0 Å². The van der Waals surface area contributed by atoms with Crippen molar-refractivity contribution < 1.29 is 19.7 Å². The fourth-order valence-corrected chi connectivity index (χ4v) is 9.07. The number of aliphatic hydroxyl groups excluding tert-OH is 2. The molecule has 0 unspecified atom stereocenters. The Balaban J connectivity index is 1.57. The molecule has 0 bridgehead atoms. The summed E-state index contributed by atoms with van der Waals surface area (Å²) in [6, 6.07) is 0.562. The molecule has 4 fully saturated rings. The highest BCUT2D eigenvalue weighted by molar-refractivity contribution is 5.69. The zero-order valence-corrected chi connectivity index (χ0v) is 20.3. The number of aliphatic hydroxyl groups is 2. The molecule has 0 radical (unpaired) electrons. The summed E-state index contributed by atoms with van der Waals surface area (Å²) in [7, 11) is 3.51. The first-order valence-corrected chi connectivity index (χ1v) is 12.8. The fraction of sp³-hybridized carbons (Fsp3) is 0.962. The standard InChI is InChI=1S/C26H45NO4/c1-15(6-9-23(30)31-5)18-7-8-19-24-20(14-22(29)26(18,19)3)25(2)11-10-17(27-4)12-16(25)13-21(24)28/h15-22,24,27-29H,6-14H2,1-5H3/t15-,16+,17-,18-,19+,20+,21-,22+,24+,25+,26-/m1/s1. The lowest BCUT2D eigenvalue weighted by atomic mass is 9.43. The van der Waals surface area contributed by atoms with E-state index in [1.165, 1.54) is 20.0 Å². The minimum Gasteiger partial charge on any atom is -0.469 e. The van der Waals surface area contributed by atoms with Gasteiger partial charge in [0.2, 0.25) is 0 Å². The molecule has 5 heteroatoms. The summed E-state index contributed by atoms with van der Waals surface area (Å²) in [4.78, 5) is 11.7. The number of ether oxygens (including phenoxy) is 1. The van der Waals surface area contributed by atoms with Gasteiger partial charge in [-0.25, -0.2) is 0 Å². The summed E-state index contributed by atoms with van der Waals surface area (Å²) < 4.78 is 4.85. The van der Waals surface area contributed by atoms with E-state index < -0.39 is 0 Å². The van der Waals surface area contributed by atoms with Crippen molar-refractivity contribution in [2.24, 2.45) is 46.3 Å². The minimum absolute atomic E-state index is 0.144. The average molecular weight is 436 g/mol. The number of rotatable bonds is 5. The Bertz CT molecular complexity index is 670. The molecule has 0 spiro atoms. The number of carbonyl (C=O) groups is 1. The van der Waals surface area contributed by atoms with Crippen LogP contribution in [0.2, 0.25) is 0 Å². The Kier molecular flexibility index (Phi) is 6.53. The van der Waals surface area contributed by atoms with Crippen LogP contribution < -0.4 is 5.32 Å². The third-order valence-corrected chi connectivity index (χ3v) is 11.0. The first-order chi connectivity index (χ1) is 14.7. The molecule has 0 aromatic heterocycles. The number of carbonyl (C=O) groups excluding carboxylic acids is 1. The van der Waals surface area contributed by atoms with Crippen LogP contribution in [-0.2, 0) is 9.53 Å². The van der Waals surface area contributed by atoms with Gasteiger partial charge in [0.1, 0.15) is 0 Å². The third-order valence-electron chi connectivity index (χ3n) is 11.0. The maximum absolute atomic E-state index is 11.7. The van der Waals surface area contributed by atoms with E-state index in [2.05, 4.69) is 33.1 Å². The average Bonchev–Trinajstić information content (AvgIpc) is 3.11. The number of fused-ring (bicyclic) bond motifs is 5. The Morgan fingerprint density at radius 1 is 1.13 bits per heavy atom. The molecule has 3 N–H and O–H groups in total. The lowest BCUT2D eigenvalue weighted by Crippen LogP contribution is -2.62. The Labute approximate surface area is 188 Å². The molecule has 4 rings (SSSR count). The number of hydrogen-bond donors (Lipinski definition) is 3. The SMILES string of the molecule is CN[C@@H]1CC[C@@]2(C)[C@@H](C1)C[C@@H](O)[C@@H]1[C@@H]2C[C@H](O)[C@]2(C)[C@@H]([C@H](C)CCC(=O)OC)CC[C@@H]12. The van der Waals surface area contributed by atoms with Crippen molar-refractivity contribution >= 4 is 5.97 Å². The summed E-state index contributed by atoms with van der Waals surface area (Å²) in [6.45, 7) is 7.01. The van der Waals surface area contributed by atoms with Crippen LogP contribution in [0.4, 0.5) is 0 Å². The molecule has 178 valence electrons. The van der Waals surface area contributed by atoms with E-state index in [9.17, 15) is 15.0 Å². The fourth-order valence-electron chi connectivity index (χ4n) is 9.07. The van der Waals surface area contributed by atoms with Crippen molar-refractivity contribution in [2.75, 3.05) is 14.2 Å². The van der Waals surface area contributed by atoms with Crippen molar-refractivity contribution in [3.8, 4) is 0 Å². The highest BCUT2D eigenvalue weighted by Crippen LogP contribution is 2.68. The minimum atomic E-state index is -0.323. The highest BCUT2D eigenvalue weighted by atomic mass is 16.5. The zero-order chi connectivity index (χ0) is 22.6. The summed E-state index contributed by atoms with van der Waals surface area (Å²) in [5.74, 6) is 2.26. The van der Waals surface area contributed by atoms with Gasteiger partial charge >= 0.3 is 5.97 Å². The second-order valence-corrected chi connectivity index (χ2v) is 11.9. The molecule has 0 aromatic carbocycles. The van der Waals surface area contributed by atoms with Crippen LogP contribution in [-0.4, -0.2) is 48.6 Å². The quantitative estimate of drug-likeness (QED) is 0.573. The van der Waals surface area contributed by atoms with Crippen LogP contribution in [0.1, 0.15) is 78.6 Å². The van der Waals surface area contributed by atoms with Crippen LogP contribution in [0.3, 0.4) is 0 Å². The van der Waals surface area contributed by atoms with Crippen LogP contribution in [0.15, 0.2) is 0 Å². The molecule has 0 aromatic rings. The molecular formula is C26H45NO4. The Morgan fingerprint density at radius 2 is 1.87 bits per heavy atom. The molecule has 0 heterocycles. The normalized spacial score (nSPS) is 50.2. The molecule has 0 aliphatic heterocycles. The molecule has 5 nitrogen and oxygen atoms in total. The molecule has 0 amide bonds. The van der Waals surface area contributed by atoms with Crippen LogP contribution in [0, 0.1) is 46.3 Å².